The van der Waals surface area contributed by atoms with E-state index >= 15 is 0 Å². The van der Waals surface area contributed by atoms with E-state index in [1.54, 1.807) is 12.1 Å². The molecule has 2 aromatic heterocycles. The van der Waals surface area contributed by atoms with Crippen LogP contribution >= 0.6 is 11.3 Å². The van der Waals surface area contributed by atoms with Crippen LogP contribution in [0.15, 0.2) is 40.9 Å². The van der Waals surface area contributed by atoms with Gasteiger partial charge in [-0.25, -0.2) is 0 Å². The molecule has 152 valence electrons. The Hall–Kier alpha value is -2.54. The predicted octanol–water partition coefficient (Wildman–Crippen LogP) is 6.94. The van der Waals surface area contributed by atoms with Crippen molar-refractivity contribution in [2.24, 2.45) is 0 Å². The van der Waals surface area contributed by atoms with Gasteiger partial charge in [-0.1, -0.05) is 25.1 Å². The summed E-state index contributed by atoms with van der Waals surface area (Å²) in [4.78, 5) is 1.14. The number of aromatic nitrogens is 1. The molecule has 2 aromatic carbocycles. The fourth-order valence-electron chi connectivity index (χ4n) is 3.77. The SMILES string of the molecule is CC(C)c1c(CCCc2noc3cc(N)ccc23)sc2cc(C(F)(F)F)ccc12. The molecule has 0 atom stereocenters. The van der Waals surface area contributed by atoms with Crippen molar-refractivity contribution >= 4 is 38.1 Å². The number of nitrogens with zero attached hydrogens (tertiary/aromatic N) is 1. The Morgan fingerprint density at radius 1 is 1.07 bits per heavy atom. The summed E-state index contributed by atoms with van der Waals surface area (Å²) in [5.74, 6) is 0.242. The number of hydrogen-bond donors (Lipinski definition) is 1. The van der Waals surface area contributed by atoms with E-state index in [0.717, 1.165) is 46.2 Å². The molecule has 0 bridgehead atoms. The third-order valence-electron chi connectivity index (χ3n) is 5.10. The van der Waals surface area contributed by atoms with Crippen LogP contribution in [0, 0.1) is 0 Å². The number of hydrogen-bond acceptors (Lipinski definition) is 4. The van der Waals surface area contributed by atoms with Crippen LogP contribution in [-0.2, 0) is 19.0 Å². The molecule has 2 N–H and O–H groups in total. The second-order valence-corrected chi connectivity index (χ2v) is 8.68. The summed E-state index contributed by atoms with van der Waals surface area (Å²) in [5.41, 5.74) is 8.51. The number of nitrogen functional groups attached to an aromatic ring is 1. The average Bonchev–Trinajstić information content (AvgIpc) is 3.21. The van der Waals surface area contributed by atoms with Crippen LogP contribution in [0.3, 0.4) is 0 Å². The topological polar surface area (TPSA) is 52.0 Å². The highest BCUT2D eigenvalue weighted by atomic mass is 32.1. The maximum absolute atomic E-state index is 13.1. The molecule has 0 aliphatic carbocycles. The first kappa shape index (κ1) is 19.8. The minimum atomic E-state index is -4.33. The molecule has 0 aliphatic rings. The van der Waals surface area contributed by atoms with Gasteiger partial charge in [0.05, 0.1) is 11.3 Å². The lowest BCUT2D eigenvalue weighted by molar-refractivity contribution is -0.137. The molecule has 0 amide bonds. The molecular weight excluding hydrogens is 397 g/mol. The summed E-state index contributed by atoms with van der Waals surface area (Å²) in [5, 5.41) is 6.03. The van der Waals surface area contributed by atoms with Crippen molar-refractivity contribution in [1.82, 2.24) is 5.16 Å². The maximum Gasteiger partial charge on any atom is 0.416 e. The number of fused-ring (bicyclic) bond motifs is 2. The third-order valence-corrected chi connectivity index (χ3v) is 6.33. The predicted molar refractivity (Wildman–Crippen MR) is 111 cm³/mol. The van der Waals surface area contributed by atoms with Gasteiger partial charge >= 0.3 is 6.18 Å². The number of thiophene rings is 1. The van der Waals surface area contributed by atoms with Gasteiger partial charge < -0.3 is 10.3 Å². The Labute approximate surface area is 170 Å². The molecule has 0 unspecified atom stereocenters. The van der Waals surface area contributed by atoms with Crippen molar-refractivity contribution in [1.29, 1.82) is 0 Å². The molecule has 0 radical (unpaired) electrons. The minimum Gasteiger partial charge on any atom is -0.399 e. The Bertz CT molecular complexity index is 1170. The molecule has 3 nitrogen and oxygen atoms in total. The molecule has 4 rings (SSSR count). The van der Waals surface area contributed by atoms with Crippen LogP contribution in [0.4, 0.5) is 18.9 Å². The van der Waals surface area contributed by atoms with E-state index in [-0.39, 0.29) is 5.92 Å². The standard InChI is InChI=1S/C22H21F3N2OS/c1-12(2)21-16-8-6-13(22(23,24)25)10-20(16)29-19(21)5-3-4-17-15-9-7-14(26)11-18(15)28-27-17/h6-12H,3-5,26H2,1-2H3. The van der Waals surface area contributed by atoms with Gasteiger partial charge in [-0.05, 0) is 60.4 Å². The fraction of sp³-hybridized carbons (Fsp3) is 0.318. The molecule has 4 aromatic rings. The molecule has 7 heteroatoms. The van der Waals surface area contributed by atoms with E-state index in [0.29, 0.717) is 16.0 Å². The smallest absolute Gasteiger partial charge is 0.399 e. The summed E-state index contributed by atoms with van der Waals surface area (Å²) in [6, 6.07) is 9.55. The highest BCUT2D eigenvalue weighted by Crippen LogP contribution is 2.40. The number of benzene rings is 2. The van der Waals surface area contributed by atoms with E-state index in [1.807, 2.05) is 12.1 Å². The molecule has 0 aliphatic heterocycles. The summed E-state index contributed by atoms with van der Waals surface area (Å²) < 4.78 is 45.3. The average molecular weight is 418 g/mol. The number of alkyl halides is 3. The van der Waals surface area contributed by atoms with Gasteiger partial charge in [0.25, 0.3) is 0 Å². The van der Waals surface area contributed by atoms with Crippen molar-refractivity contribution < 1.29 is 17.7 Å². The highest BCUT2D eigenvalue weighted by Gasteiger charge is 2.31. The Balaban J connectivity index is 1.58. The quantitative estimate of drug-likeness (QED) is 0.357. The summed E-state index contributed by atoms with van der Waals surface area (Å²) in [7, 11) is 0. The van der Waals surface area contributed by atoms with Crippen LogP contribution in [0.1, 0.15) is 47.9 Å². The van der Waals surface area contributed by atoms with Gasteiger partial charge in [0.15, 0.2) is 5.58 Å². The zero-order valence-electron chi connectivity index (χ0n) is 16.1. The lowest BCUT2D eigenvalue weighted by Crippen LogP contribution is -2.03. The van der Waals surface area contributed by atoms with Gasteiger partial charge in [0, 0.05) is 26.7 Å². The highest BCUT2D eigenvalue weighted by molar-refractivity contribution is 7.19. The number of nitrogens with two attached hydrogens (primary N) is 1. The summed E-state index contributed by atoms with van der Waals surface area (Å²) in [6.45, 7) is 4.16. The largest absolute Gasteiger partial charge is 0.416 e. The monoisotopic (exact) mass is 418 g/mol. The van der Waals surface area contributed by atoms with Gasteiger partial charge in [-0.15, -0.1) is 11.3 Å². The number of halogens is 3. The molecular formula is C22H21F3N2OS. The van der Waals surface area contributed by atoms with Gasteiger partial charge in [-0.2, -0.15) is 13.2 Å². The number of anilines is 1. The Kier molecular flexibility index (Phi) is 5.02. The third kappa shape index (κ3) is 3.83. The number of aryl methyl sites for hydroxylation is 2. The van der Waals surface area contributed by atoms with Crippen LogP contribution in [0.2, 0.25) is 0 Å². The Morgan fingerprint density at radius 2 is 1.83 bits per heavy atom. The van der Waals surface area contributed by atoms with Crippen LogP contribution in [0.25, 0.3) is 21.1 Å². The second kappa shape index (κ2) is 7.37. The summed E-state index contributed by atoms with van der Waals surface area (Å²) in [6.07, 6.45) is -1.97. The number of rotatable bonds is 5. The van der Waals surface area contributed by atoms with E-state index in [9.17, 15) is 13.2 Å². The van der Waals surface area contributed by atoms with Gasteiger partial charge in [0.2, 0.25) is 0 Å². The van der Waals surface area contributed by atoms with Crippen LogP contribution in [-0.4, -0.2) is 5.16 Å². The molecule has 29 heavy (non-hydrogen) atoms. The Morgan fingerprint density at radius 3 is 2.55 bits per heavy atom. The zero-order valence-corrected chi connectivity index (χ0v) is 17.0. The van der Waals surface area contributed by atoms with Crippen molar-refractivity contribution in [3.63, 3.8) is 0 Å². The van der Waals surface area contributed by atoms with Crippen LogP contribution in [0.5, 0.6) is 0 Å². The van der Waals surface area contributed by atoms with Gasteiger partial charge in [-0.3, -0.25) is 0 Å². The van der Waals surface area contributed by atoms with Gasteiger partial charge in [0.1, 0.15) is 0 Å². The van der Waals surface area contributed by atoms with Crippen molar-refractivity contribution in [2.75, 3.05) is 5.73 Å². The lowest BCUT2D eigenvalue weighted by atomic mass is 9.96. The first-order chi connectivity index (χ1) is 13.7. The first-order valence-corrected chi connectivity index (χ1v) is 10.3. The molecule has 0 saturated heterocycles. The maximum atomic E-state index is 13.1. The lowest BCUT2D eigenvalue weighted by Gasteiger charge is -2.09. The summed E-state index contributed by atoms with van der Waals surface area (Å²) >= 11 is 1.46. The molecule has 2 heterocycles. The molecule has 0 saturated carbocycles. The van der Waals surface area contributed by atoms with E-state index in [4.69, 9.17) is 10.3 Å². The normalized spacial score (nSPS) is 12.5. The van der Waals surface area contributed by atoms with E-state index in [2.05, 4.69) is 19.0 Å². The van der Waals surface area contributed by atoms with Crippen molar-refractivity contribution in [2.45, 2.75) is 45.2 Å². The zero-order chi connectivity index (χ0) is 20.8. The van der Waals surface area contributed by atoms with E-state index in [1.165, 1.54) is 23.5 Å². The molecule has 0 fully saturated rings. The first-order valence-electron chi connectivity index (χ1n) is 9.50. The van der Waals surface area contributed by atoms with Crippen molar-refractivity contribution in [3.8, 4) is 0 Å². The van der Waals surface area contributed by atoms with Crippen molar-refractivity contribution in [3.05, 3.63) is 58.1 Å². The van der Waals surface area contributed by atoms with E-state index < -0.39 is 11.7 Å². The van der Waals surface area contributed by atoms with Crippen LogP contribution < -0.4 is 5.73 Å². The second-order valence-electron chi connectivity index (χ2n) is 7.54. The molecule has 0 spiro atoms. The fourth-order valence-corrected chi connectivity index (χ4v) is 5.21. The minimum absolute atomic E-state index is 0.242.